The minimum Gasteiger partial charge on any atom is -0.462 e. The van der Waals surface area contributed by atoms with E-state index in [0.29, 0.717) is 12.3 Å². The van der Waals surface area contributed by atoms with Gasteiger partial charge in [-0.05, 0) is 86.8 Å². The third kappa shape index (κ3) is 4.75. The zero-order valence-corrected chi connectivity index (χ0v) is 15.5. The first-order valence-electron chi connectivity index (χ1n) is 10.00. The maximum atomic E-state index is 11.6. The van der Waals surface area contributed by atoms with Gasteiger partial charge in [0.25, 0.3) is 0 Å². The van der Waals surface area contributed by atoms with Gasteiger partial charge in [-0.3, -0.25) is 4.79 Å². The molecule has 2 fully saturated rings. The van der Waals surface area contributed by atoms with E-state index in [9.17, 15) is 4.79 Å². The van der Waals surface area contributed by atoms with Gasteiger partial charge in [0.05, 0.1) is 18.1 Å². The lowest BCUT2D eigenvalue weighted by molar-refractivity contribution is -0.150. The predicted molar refractivity (Wildman–Crippen MR) is 103 cm³/mol. The molecule has 0 amide bonds. The van der Waals surface area contributed by atoms with E-state index in [1.807, 2.05) is 12.1 Å². The molecule has 2 saturated carbocycles. The average Bonchev–Trinajstić information content (AvgIpc) is 2.69. The van der Waals surface area contributed by atoms with Crippen LogP contribution in [0.3, 0.4) is 0 Å². The van der Waals surface area contributed by atoms with Crippen molar-refractivity contribution in [2.45, 2.75) is 69.8 Å². The molecule has 0 bridgehead atoms. The molecule has 0 aliphatic heterocycles. The van der Waals surface area contributed by atoms with Crippen LogP contribution in [0.25, 0.3) is 0 Å². The van der Waals surface area contributed by atoms with Gasteiger partial charge < -0.3 is 4.74 Å². The molecule has 0 unspecified atom stereocenters. The van der Waals surface area contributed by atoms with Crippen molar-refractivity contribution in [2.75, 3.05) is 0 Å². The largest absolute Gasteiger partial charge is 0.462 e. The van der Waals surface area contributed by atoms with Crippen molar-refractivity contribution in [2.24, 2.45) is 11.8 Å². The van der Waals surface area contributed by atoms with E-state index < -0.39 is 0 Å². The lowest BCUT2D eigenvalue weighted by atomic mass is 9.69. The fourth-order valence-electron chi connectivity index (χ4n) is 4.78. The van der Waals surface area contributed by atoms with Crippen molar-refractivity contribution in [1.29, 1.82) is 5.26 Å². The van der Waals surface area contributed by atoms with E-state index in [-0.39, 0.29) is 12.1 Å². The van der Waals surface area contributed by atoms with Crippen LogP contribution < -0.4 is 0 Å². The van der Waals surface area contributed by atoms with Crippen LogP contribution in [0.4, 0.5) is 0 Å². The Kier molecular flexibility index (Phi) is 6.50. The summed E-state index contributed by atoms with van der Waals surface area (Å²) in [4.78, 5) is 11.6. The second-order valence-corrected chi connectivity index (χ2v) is 7.86. The van der Waals surface area contributed by atoms with E-state index in [4.69, 9.17) is 10.00 Å². The highest BCUT2D eigenvalue weighted by Gasteiger charge is 2.32. The summed E-state index contributed by atoms with van der Waals surface area (Å²) in [5, 5.41) is 8.93. The molecule has 138 valence electrons. The summed E-state index contributed by atoms with van der Waals surface area (Å²) in [6, 6.07) is 10.3. The Balaban J connectivity index is 1.43. The Labute approximate surface area is 157 Å². The molecule has 2 aliphatic carbocycles. The number of ether oxygens (including phenoxy) is 1. The number of carbonyl (C=O) groups is 1. The van der Waals surface area contributed by atoms with Gasteiger partial charge in [-0.25, -0.2) is 0 Å². The van der Waals surface area contributed by atoms with E-state index >= 15 is 0 Å². The van der Waals surface area contributed by atoms with Crippen molar-refractivity contribution in [3.05, 3.63) is 48.0 Å². The number of nitrogens with zero attached hydrogens (tertiary/aromatic N) is 1. The van der Waals surface area contributed by atoms with E-state index in [1.165, 1.54) is 44.1 Å². The topological polar surface area (TPSA) is 50.1 Å². The Morgan fingerprint density at radius 3 is 2.15 bits per heavy atom. The number of esters is 1. The Bertz CT molecular complexity index is 642. The summed E-state index contributed by atoms with van der Waals surface area (Å²) < 4.78 is 5.53. The first-order valence-corrected chi connectivity index (χ1v) is 10.00. The van der Waals surface area contributed by atoms with Crippen LogP contribution in [0.1, 0.15) is 74.8 Å². The highest BCUT2D eigenvalue weighted by atomic mass is 16.5. The van der Waals surface area contributed by atoms with Crippen molar-refractivity contribution in [3.63, 3.8) is 0 Å². The first kappa shape index (κ1) is 18.7. The standard InChI is InChI=1S/C23H29NO2/c1-2-3-23(25)26-22-14-12-21(13-15-22)20-10-8-19(9-11-20)18-6-4-17(16-24)5-7-18/h2,4-7,19-22H,1,3,8-15H2/t19-,20-,21?,22?. The Morgan fingerprint density at radius 2 is 1.62 bits per heavy atom. The summed E-state index contributed by atoms with van der Waals surface area (Å²) in [6.45, 7) is 3.59. The van der Waals surface area contributed by atoms with Crippen LogP contribution >= 0.6 is 0 Å². The summed E-state index contributed by atoms with van der Waals surface area (Å²) in [6.07, 6.45) is 11.6. The highest BCUT2D eigenvalue weighted by Crippen LogP contribution is 2.43. The van der Waals surface area contributed by atoms with Gasteiger partial charge in [0.15, 0.2) is 0 Å². The number of carbonyl (C=O) groups excluding carboxylic acids is 1. The maximum absolute atomic E-state index is 11.6. The molecule has 3 heteroatoms. The van der Waals surface area contributed by atoms with Gasteiger partial charge in [0, 0.05) is 0 Å². The summed E-state index contributed by atoms with van der Waals surface area (Å²) >= 11 is 0. The summed E-state index contributed by atoms with van der Waals surface area (Å²) in [5.41, 5.74) is 2.13. The minimum absolute atomic E-state index is 0.119. The maximum Gasteiger partial charge on any atom is 0.309 e. The molecule has 0 spiro atoms. The highest BCUT2D eigenvalue weighted by molar-refractivity contribution is 5.71. The molecule has 0 atom stereocenters. The van der Waals surface area contributed by atoms with Crippen molar-refractivity contribution in [3.8, 4) is 6.07 Å². The Hall–Kier alpha value is -2.08. The molecule has 3 nitrogen and oxygen atoms in total. The van der Waals surface area contributed by atoms with Crippen molar-refractivity contribution < 1.29 is 9.53 Å². The molecule has 3 rings (SSSR count). The monoisotopic (exact) mass is 351 g/mol. The fourth-order valence-corrected chi connectivity index (χ4v) is 4.78. The van der Waals surface area contributed by atoms with Crippen molar-refractivity contribution in [1.82, 2.24) is 0 Å². The molecule has 26 heavy (non-hydrogen) atoms. The van der Waals surface area contributed by atoms with Crippen LogP contribution in [0.2, 0.25) is 0 Å². The van der Waals surface area contributed by atoms with Crippen LogP contribution in [-0.4, -0.2) is 12.1 Å². The van der Waals surface area contributed by atoms with E-state index in [1.54, 1.807) is 6.08 Å². The van der Waals surface area contributed by atoms with E-state index in [0.717, 1.165) is 30.2 Å². The van der Waals surface area contributed by atoms with Crippen LogP contribution in [0, 0.1) is 23.2 Å². The number of hydrogen-bond acceptors (Lipinski definition) is 3. The second-order valence-electron chi connectivity index (χ2n) is 7.86. The van der Waals surface area contributed by atoms with Crippen LogP contribution in [-0.2, 0) is 9.53 Å². The zero-order chi connectivity index (χ0) is 18.4. The molecule has 1 aromatic carbocycles. The van der Waals surface area contributed by atoms with Gasteiger partial charge in [0.1, 0.15) is 6.10 Å². The normalized spacial score (nSPS) is 28.7. The number of benzene rings is 1. The lowest BCUT2D eigenvalue weighted by Crippen LogP contribution is -2.29. The third-order valence-corrected chi connectivity index (χ3v) is 6.28. The van der Waals surface area contributed by atoms with Gasteiger partial charge in [-0.15, -0.1) is 6.58 Å². The number of nitriles is 1. The molecular formula is C23H29NO2. The number of hydrogen-bond donors (Lipinski definition) is 0. The molecular weight excluding hydrogens is 322 g/mol. The average molecular weight is 351 g/mol. The summed E-state index contributed by atoms with van der Waals surface area (Å²) in [5.74, 6) is 2.14. The molecule has 0 saturated heterocycles. The fraction of sp³-hybridized carbons (Fsp3) is 0.565. The second kappa shape index (κ2) is 9.03. The molecule has 0 heterocycles. The molecule has 0 radical (unpaired) electrons. The lowest BCUT2D eigenvalue weighted by Gasteiger charge is -2.37. The van der Waals surface area contributed by atoms with Crippen LogP contribution in [0.15, 0.2) is 36.9 Å². The van der Waals surface area contributed by atoms with Gasteiger partial charge in [-0.2, -0.15) is 5.26 Å². The van der Waals surface area contributed by atoms with Crippen LogP contribution in [0.5, 0.6) is 0 Å². The summed E-state index contributed by atoms with van der Waals surface area (Å²) in [7, 11) is 0. The SMILES string of the molecule is C=CCC(=O)OC1CCC([C@H]2CC[C@H](c3ccc(C#N)cc3)CC2)CC1. The quantitative estimate of drug-likeness (QED) is 0.519. The molecule has 0 N–H and O–H groups in total. The molecule has 1 aromatic rings. The van der Waals surface area contributed by atoms with Crippen molar-refractivity contribution >= 4 is 5.97 Å². The third-order valence-electron chi connectivity index (χ3n) is 6.28. The first-order chi connectivity index (χ1) is 12.7. The minimum atomic E-state index is -0.133. The molecule has 0 aromatic heterocycles. The van der Waals surface area contributed by atoms with Gasteiger partial charge in [-0.1, -0.05) is 18.2 Å². The van der Waals surface area contributed by atoms with Gasteiger partial charge in [0.2, 0.25) is 0 Å². The number of rotatable bonds is 5. The van der Waals surface area contributed by atoms with E-state index in [2.05, 4.69) is 24.8 Å². The molecule has 2 aliphatic rings. The predicted octanol–water partition coefficient (Wildman–Crippen LogP) is 5.51. The van der Waals surface area contributed by atoms with Gasteiger partial charge >= 0.3 is 5.97 Å². The smallest absolute Gasteiger partial charge is 0.309 e. The Morgan fingerprint density at radius 1 is 1.04 bits per heavy atom. The zero-order valence-electron chi connectivity index (χ0n) is 15.5.